The Morgan fingerprint density at radius 1 is 1.29 bits per heavy atom. The summed E-state index contributed by atoms with van der Waals surface area (Å²) < 4.78 is 0. The number of rotatable bonds is 5. The minimum atomic E-state index is -0.315. The topological polar surface area (TPSA) is 78.1 Å². The molecule has 3 rings (SSSR count). The number of amides is 1. The van der Waals surface area contributed by atoms with Gasteiger partial charge in [-0.05, 0) is 30.0 Å². The fourth-order valence-corrected chi connectivity index (χ4v) is 3.13. The summed E-state index contributed by atoms with van der Waals surface area (Å²) in [5.74, 6) is -0.262. The van der Waals surface area contributed by atoms with Crippen molar-refractivity contribution in [3.63, 3.8) is 0 Å². The third kappa shape index (κ3) is 3.71. The van der Waals surface area contributed by atoms with Crippen LogP contribution in [0.1, 0.15) is 35.0 Å². The van der Waals surface area contributed by atoms with Crippen molar-refractivity contribution in [1.29, 1.82) is 0 Å². The molecule has 126 valence electrons. The van der Waals surface area contributed by atoms with E-state index in [1.165, 1.54) is 23.3 Å². The molecule has 0 fully saturated rings. The SMILES string of the molecule is CCC(CNC(=O)c1ccc(=O)[nH]n1)N1CCc2ccccc2C1. The molecule has 2 N–H and O–H groups in total. The standard InChI is InChI=1S/C18H22N4O2/c1-2-15(11-19-18(24)16-7-8-17(23)21-20-16)22-10-9-13-5-3-4-6-14(13)12-22/h3-8,15H,2,9-12H2,1H3,(H,19,24)(H,21,23). The van der Waals surface area contributed by atoms with Crippen LogP contribution in [-0.2, 0) is 13.0 Å². The molecule has 0 saturated carbocycles. The predicted molar refractivity (Wildman–Crippen MR) is 91.8 cm³/mol. The number of hydrogen-bond acceptors (Lipinski definition) is 4. The van der Waals surface area contributed by atoms with Gasteiger partial charge in [-0.25, -0.2) is 5.10 Å². The number of hydrogen-bond donors (Lipinski definition) is 2. The molecule has 0 saturated heterocycles. The Hall–Kier alpha value is -2.47. The second kappa shape index (κ2) is 7.40. The summed E-state index contributed by atoms with van der Waals surface area (Å²) in [4.78, 5) is 25.6. The number of aromatic amines is 1. The highest BCUT2D eigenvalue weighted by Crippen LogP contribution is 2.21. The minimum absolute atomic E-state index is 0.230. The molecule has 0 radical (unpaired) electrons. The van der Waals surface area contributed by atoms with Crippen molar-refractivity contribution in [2.24, 2.45) is 0 Å². The minimum Gasteiger partial charge on any atom is -0.349 e. The number of aromatic nitrogens is 2. The summed E-state index contributed by atoms with van der Waals surface area (Å²) in [7, 11) is 0. The van der Waals surface area contributed by atoms with E-state index in [0.29, 0.717) is 6.54 Å². The van der Waals surface area contributed by atoms with Gasteiger partial charge in [-0.2, -0.15) is 5.10 Å². The molecule has 1 aromatic heterocycles. The normalized spacial score (nSPS) is 15.5. The first kappa shape index (κ1) is 16.4. The van der Waals surface area contributed by atoms with Gasteiger partial charge < -0.3 is 5.32 Å². The van der Waals surface area contributed by atoms with E-state index in [-0.39, 0.29) is 23.2 Å². The Kier molecular flexibility index (Phi) is 5.05. The maximum absolute atomic E-state index is 12.1. The number of carbonyl (C=O) groups is 1. The number of carbonyl (C=O) groups excluding carboxylic acids is 1. The van der Waals surface area contributed by atoms with Crippen molar-refractivity contribution in [1.82, 2.24) is 20.4 Å². The van der Waals surface area contributed by atoms with Crippen LogP contribution in [0.2, 0.25) is 0 Å². The summed E-state index contributed by atoms with van der Waals surface area (Å²) in [6.45, 7) is 4.62. The summed E-state index contributed by atoms with van der Waals surface area (Å²) in [6, 6.07) is 11.6. The zero-order valence-electron chi connectivity index (χ0n) is 13.8. The van der Waals surface area contributed by atoms with Gasteiger partial charge >= 0.3 is 0 Å². The molecule has 2 heterocycles. The molecule has 1 unspecified atom stereocenters. The molecule has 2 aromatic rings. The highest BCUT2D eigenvalue weighted by atomic mass is 16.2. The van der Waals surface area contributed by atoms with E-state index in [4.69, 9.17) is 0 Å². The summed E-state index contributed by atoms with van der Waals surface area (Å²) >= 11 is 0. The fraction of sp³-hybridized carbons (Fsp3) is 0.389. The van der Waals surface area contributed by atoms with Crippen LogP contribution in [0, 0.1) is 0 Å². The smallest absolute Gasteiger partial charge is 0.271 e. The van der Waals surface area contributed by atoms with Crippen molar-refractivity contribution in [3.05, 3.63) is 63.6 Å². The Morgan fingerprint density at radius 2 is 2.08 bits per heavy atom. The third-order valence-electron chi connectivity index (χ3n) is 4.56. The Labute approximate surface area is 140 Å². The van der Waals surface area contributed by atoms with Crippen LogP contribution in [0.4, 0.5) is 0 Å². The van der Waals surface area contributed by atoms with Gasteiger partial charge in [0.05, 0.1) is 0 Å². The van der Waals surface area contributed by atoms with Gasteiger partial charge in [-0.1, -0.05) is 31.2 Å². The molecular weight excluding hydrogens is 304 g/mol. The lowest BCUT2D eigenvalue weighted by Gasteiger charge is -2.35. The number of H-pyrrole nitrogens is 1. The van der Waals surface area contributed by atoms with Gasteiger partial charge in [0, 0.05) is 31.7 Å². The molecule has 1 aromatic carbocycles. The number of nitrogens with one attached hydrogen (secondary N) is 2. The fourth-order valence-electron chi connectivity index (χ4n) is 3.13. The molecule has 1 aliphatic heterocycles. The average molecular weight is 326 g/mol. The van der Waals surface area contributed by atoms with Crippen molar-refractivity contribution >= 4 is 5.91 Å². The van der Waals surface area contributed by atoms with Crippen LogP contribution < -0.4 is 10.9 Å². The number of benzene rings is 1. The van der Waals surface area contributed by atoms with E-state index in [9.17, 15) is 9.59 Å². The van der Waals surface area contributed by atoms with Crippen LogP contribution in [0.3, 0.4) is 0 Å². The molecule has 6 heteroatoms. The molecular formula is C18H22N4O2. The summed E-state index contributed by atoms with van der Waals surface area (Å²) in [6.07, 6.45) is 2.00. The van der Waals surface area contributed by atoms with Gasteiger partial charge in [-0.15, -0.1) is 0 Å². The first-order valence-electron chi connectivity index (χ1n) is 8.32. The van der Waals surface area contributed by atoms with E-state index in [1.807, 2.05) is 0 Å². The second-order valence-electron chi connectivity index (χ2n) is 6.07. The van der Waals surface area contributed by atoms with Crippen LogP contribution in [0.25, 0.3) is 0 Å². The second-order valence-corrected chi connectivity index (χ2v) is 6.07. The van der Waals surface area contributed by atoms with E-state index in [0.717, 1.165) is 25.9 Å². The van der Waals surface area contributed by atoms with Gasteiger partial charge in [0.2, 0.25) is 0 Å². The first-order valence-corrected chi connectivity index (χ1v) is 8.32. The molecule has 0 spiro atoms. The zero-order valence-corrected chi connectivity index (χ0v) is 13.8. The molecule has 1 amide bonds. The number of fused-ring (bicyclic) bond motifs is 1. The Balaban J connectivity index is 1.60. The van der Waals surface area contributed by atoms with Crippen molar-refractivity contribution < 1.29 is 4.79 Å². The van der Waals surface area contributed by atoms with Crippen molar-refractivity contribution in [2.75, 3.05) is 13.1 Å². The van der Waals surface area contributed by atoms with Crippen molar-refractivity contribution in [3.8, 4) is 0 Å². The summed E-state index contributed by atoms with van der Waals surface area (Å²) in [5, 5.41) is 8.97. The number of nitrogens with zero attached hydrogens (tertiary/aromatic N) is 2. The lowest BCUT2D eigenvalue weighted by Crippen LogP contribution is -2.45. The van der Waals surface area contributed by atoms with E-state index >= 15 is 0 Å². The molecule has 24 heavy (non-hydrogen) atoms. The highest BCUT2D eigenvalue weighted by Gasteiger charge is 2.22. The van der Waals surface area contributed by atoms with Gasteiger partial charge in [0.1, 0.15) is 5.69 Å². The maximum atomic E-state index is 12.1. The Bertz CT molecular complexity index is 751. The van der Waals surface area contributed by atoms with Crippen LogP contribution >= 0.6 is 0 Å². The molecule has 0 aliphatic carbocycles. The zero-order chi connectivity index (χ0) is 16.9. The molecule has 0 bridgehead atoms. The van der Waals surface area contributed by atoms with Crippen LogP contribution in [0.15, 0.2) is 41.2 Å². The third-order valence-corrected chi connectivity index (χ3v) is 4.56. The largest absolute Gasteiger partial charge is 0.349 e. The van der Waals surface area contributed by atoms with E-state index < -0.39 is 0 Å². The van der Waals surface area contributed by atoms with E-state index in [1.54, 1.807) is 0 Å². The van der Waals surface area contributed by atoms with E-state index in [2.05, 4.69) is 51.6 Å². The lowest BCUT2D eigenvalue weighted by atomic mass is 9.98. The lowest BCUT2D eigenvalue weighted by molar-refractivity contribution is 0.0920. The Morgan fingerprint density at radius 3 is 2.79 bits per heavy atom. The van der Waals surface area contributed by atoms with Crippen LogP contribution in [0.5, 0.6) is 0 Å². The van der Waals surface area contributed by atoms with Gasteiger partial charge in [-0.3, -0.25) is 14.5 Å². The summed E-state index contributed by atoms with van der Waals surface area (Å²) in [5.41, 5.74) is 2.71. The quantitative estimate of drug-likeness (QED) is 0.869. The highest BCUT2D eigenvalue weighted by molar-refractivity contribution is 5.91. The van der Waals surface area contributed by atoms with Gasteiger partial charge in [0.25, 0.3) is 11.5 Å². The maximum Gasteiger partial charge on any atom is 0.271 e. The monoisotopic (exact) mass is 326 g/mol. The molecule has 1 atom stereocenters. The van der Waals surface area contributed by atoms with Crippen LogP contribution in [-0.4, -0.2) is 40.1 Å². The van der Waals surface area contributed by atoms with Crippen molar-refractivity contribution in [2.45, 2.75) is 32.4 Å². The predicted octanol–water partition coefficient (Wildman–Crippen LogP) is 1.34. The van der Waals surface area contributed by atoms with Gasteiger partial charge in [0.15, 0.2) is 0 Å². The molecule has 1 aliphatic rings. The average Bonchev–Trinajstić information content (AvgIpc) is 2.62. The first-order chi connectivity index (χ1) is 11.7. The molecule has 6 nitrogen and oxygen atoms in total.